The van der Waals surface area contributed by atoms with E-state index in [-0.39, 0.29) is 11.4 Å². The number of alkyl halides is 3. The molecule has 1 aromatic carbocycles. The Morgan fingerprint density at radius 3 is 2.44 bits per heavy atom. The normalized spacial score (nSPS) is 12.0. The zero-order valence-corrected chi connectivity index (χ0v) is 16.6. The minimum absolute atomic E-state index is 0.205. The van der Waals surface area contributed by atoms with Crippen molar-refractivity contribution in [2.24, 2.45) is 12.8 Å². The van der Waals surface area contributed by atoms with Gasteiger partial charge in [0.05, 0.1) is 6.20 Å². The van der Waals surface area contributed by atoms with Gasteiger partial charge in [0.15, 0.2) is 5.82 Å². The summed E-state index contributed by atoms with van der Waals surface area (Å²) in [5.74, 6) is -1.49. The van der Waals surface area contributed by atoms with Crippen LogP contribution in [0.25, 0.3) is 28.2 Å². The van der Waals surface area contributed by atoms with Gasteiger partial charge in [-0.25, -0.2) is 9.97 Å². The van der Waals surface area contributed by atoms with Crippen LogP contribution in [-0.4, -0.2) is 31.2 Å². The van der Waals surface area contributed by atoms with E-state index in [2.05, 4.69) is 15.0 Å². The van der Waals surface area contributed by atoms with E-state index in [1.54, 1.807) is 30.6 Å². The van der Waals surface area contributed by atoms with Gasteiger partial charge in [-0.3, -0.25) is 9.59 Å². The van der Waals surface area contributed by atoms with Crippen LogP contribution in [0.3, 0.4) is 0 Å². The molecule has 0 aliphatic rings. The molecule has 4 rings (SSSR count). The second-order valence-electron chi connectivity index (χ2n) is 7.03. The van der Waals surface area contributed by atoms with Crippen LogP contribution in [0.4, 0.5) is 13.2 Å². The van der Waals surface area contributed by atoms with Gasteiger partial charge in [0.25, 0.3) is 0 Å². The third kappa shape index (κ3) is 3.89. The molecular weight excluding hydrogens is 423 g/mol. The molecule has 10 heteroatoms. The number of nitrogens with one attached hydrogen (secondary N) is 1. The first kappa shape index (κ1) is 21.0. The molecule has 0 fully saturated rings. The van der Waals surface area contributed by atoms with Crippen LogP contribution in [0.1, 0.15) is 27.4 Å². The molecule has 0 spiro atoms. The molecule has 32 heavy (non-hydrogen) atoms. The quantitative estimate of drug-likeness (QED) is 0.365. The van der Waals surface area contributed by atoms with E-state index in [0.717, 1.165) is 33.7 Å². The number of imidazole rings is 1. The number of nitrogens with two attached hydrogens (primary N) is 1. The van der Waals surface area contributed by atoms with Gasteiger partial charge in [-0.2, -0.15) is 13.2 Å². The topological polar surface area (TPSA) is 107 Å². The molecule has 0 bridgehead atoms. The largest absolute Gasteiger partial charge is 0.433 e. The Balaban J connectivity index is 1.63. The summed E-state index contributed by atoms with van der Waals surface area (Å²) in [4.78, 5) is 34.7. The smallest absolute Gasteiger partial charge is 0.366 e. The number of hydrogen-bond donors (Lipinski definition) is 2. The Morgan fingerprint density at radius 2 is 1.81 bits per heavy atom. The number of hydrogen-bond acceptors (Lipinski definition) is 4. The lowest BCUT2D eigenvalue weighted by molar-refractivity contribution is -0.143. The van der Waals surface area contributed by atoms with Crippen molar-refractivity contribution in [2.75, 3.05) is 0 Å². The molecule has 0 saturated heterocycles. The van der Waals surface area contributed by atoms with Crippen LogP contribution >= 0.6 is 0 Å². The van der Waals surface area contributed by atoms with Crippen LogP contribution in [-0.2, 0) is 18.0 Å². The highest BCUT2D eigenvalue weighted by molar-refractivity contribution is 6.07. The minimum atomic E-state index is -4.60. The van der Waals surface area contributed by atoms with Crippen molar-refractivity contribution >= 4 is 28.8 Å². The molecular formula is C22H16F3N5O2. The monoisotopic (exact) mass is 439 g/mol. The molecule has 7 nitrogen and oxygen atoms in total. The number of nitrogens with zero attached hydrogens (tertiary/aromatic N) is 3. The third-order valence-electron chi connectivity index (χ3n) is 4.95. The summed E-state index contributed by atoms with van der Waals surface area (Å²) < 4.78 is 39.6. The molecule has 3 aromatic heterocycles. The summed E-state index contributed by atoms with van der Waals surface area (Å²) in [6.07, 6.45) is 2.22. The molecule has 4 aromatic rings. The SMILES string of the molecule is Cn1c(C(F)(F)F)cnc1C(=O)c1ccc(-c2cnc3[nH]cc(/C=C/C(N)=O)c3c2)cc1. The number of aromatic amines is 1. The van der Waals surface area contributed by atoms with E-state index in [9.17, 15) is 22.8 Å². The maximum absolute atomic E-state index is 13.0. The average Bonchev–Trinajstić information content (AvgIpc) is 3.34. The van der Waals surface area contributed by atoms with Crippen molar-refractivity contribution in [1.29, 1.82) is 0 Å². The first-order valence-corrected chi connectivity index (χ1v) is 9.34. The van der Waals surface area contributed by atoms with E-state index >= 15 is 0 Å². The number of amides is 1. The van der Waals surface area contributed by atoms with Gasteiger partial charge in [-0.05, 0) is 17.7 Å². The fourth-order valence-corrected chi connectivity index (χ4v) is 3.32. The summed E-state index contributed by atoms with van der Waals surface area (Å²) in [5, 5.41) is 0.771. The van der Waals surface area contributed by atoms with Crippen LogP contribution in [0, 0.1) is 0 Å². The van der Waals surface area contributed by atoms with E-state index < -0.39 is 23.6 Å². The number of carbonyl (C=O) groups excluding carboxylic acids is 2. The van der Waals surface area contributed by atoms with E-state index in [1.165, 1.54) is 18.2 Å². The summed E-state index contributed by atoms with van der Waals surface area (Å²) in [5.41, 5.74) is 7.21. The fourth-order valence-electron chi connectivity index (χ4n) is 3.32. The van der Waals surface area contributed by atoms with Crippen LogP contribution < -0.4 is 5.73 Å². The number of pyridine rings is 1. The molecule has 162 valence electrons. The van der Waals surface area contributed by atoms with Crippen molar-refractivity contribution in [3.63, 3.8) is 0 Å². The zero-order valence-electron chi connectivity index (χ0n) is 16.6. The number of carbonyl (C=O) groups is 2. The van der Waals surface area contributed by atoms with Gasteiger partial charge in [-0.15, -0.1) is 0 Å². The van der Waals surface area contributed by atoms with Crippen molar-refractivity contribution < 1.29 is 22.8 Å². The predicted molar refractivity (Wildman–Crippen MR) is 111 cm³/mol. The summed E-state index contributed by atoms with van der Waals surface area (Å²) >= 11 is 0. The molecule has 0 radical (unpaired) electrons. The van der Waals surface area contributed by atoms with Crippen LogP contribution in [0.5, 0.6) is 0 Å². The molecule has 1 amide bonds. The zero-order chi connectivity index (χ0) is 23.0. The van der Waals surface area contributed by atoms with Gasteiger partial charge in [0, 0.05) is 47.6 Å². The molecule has 0 atom stereocenters. The Morgan fingerprint density at radius 1 is 1.09 bits per heavy atom. The Bertz CT molecular complexity index is 1360. The lowest BCUT2D eigenvalue weighted by atomic mass is 10.0. The molecule has 0 unspecified atom stereocenters. The number of aromatic nitrogens is 4. The fraction of sp³-hybridized carbons (Fsp3) is 0.0909. The first-order valence-electron chi connectivity index (χ1n) is 9.34. The lowest BCUT2D eigenvalue weighted by Crippen LogP contribution is -2.15. The summed E-state index contributed by atoms with van der Waals surface area (Å²) in [6, 6.07) is 8.26. The first-order chi connectivity index (χ1) is 15.1. The van der Waals surface area contributed by atoms with Crippen molar-refractivity contribution in [1.82, 2.24) is 19.5 Å². The summed E-state index contributed by atoms with van der Waals surface area (Å²) in [6.45, 7) is 0. The third-order valence-corrected chi connectivity index (χ3v) is 4.95. The maximum Gasteiger partial charge on any atom is 0.433 e. The lowest BCUT2D eigenvalue weighted by Gasteiger charge is -2.08. The van der Waals surface area contributed by atoms with Gasteiger partial charge >= 0.3 is 6.18 Å². The van der Waals surface area contributed by atoms with Crippen molar-refractivity contribution in [2.45, 2.75) is 6.18 Å². The highest BCUT2D eigenvalue weighted by Gasteiger charge is 2.36. The standard InChI is InChI=1S/C22H16F3N5O2/c1-30-17(22(23,24)25)11-29-21(30)19(32)13-4-2-12(3-5-13)15-8-16-14(6-7-18(26)31)9-27-20(16)28-10-15/h2-11H,1H3,(H2,26,31)(H,27,28)/b7-6+. The average molecular weight is 439 g/mol. The molecule has 0 saturated carbocycles. The highest BCUT2D eigenvalue weighted by Crippen LogP contribution is 2.30. The van der Waals surface area contributed by atoms with Crippen molar-refractivity contribution in [3.05, 3.63) is 77.6 Å². The second kappa shape index (κ2) is 7.80. The van der Waals surface area contributed by atoms with Crippen molar-refractivity contribution in [3.8, 4) is 11.1 Å². The van der Waals surface area contributed by atoms with Gasteiger partial charge in [0.2, 0.25) is 11.7 Å². The number of halogens is 3. The number of rotatable bonds is 5. The van der Waals surface area contributed by atoms with Crippen LogP contribution in [0.15, 0.2) is 55.0 Å². The predicted octanol–water partition coefficient (Wildman–Crippen LogP) is 3.71. The minimum Gasteiger partial charge on any atom is -0.366 e. The number of H-pyrrole nitrogens is 1. The molecule has 0 aliphatic carbocycles. The molecule has 0 aliphatic heterocycles. The second-order valence-corrected chi connectivity index (χ2v) is 7.03. The highest BCUT2D eigenvalue weighted by atomic mass is 19.4. The number of primary amides is 1. The maximum atomic E-state index is 13.0. The van der Waals surface area contributed by atoms with Gasteiger partial charge in [0.1, 0.15) is 11.3 Å². The van der Waals surface area contributed by atoms with E-state index in [0.29, 0.717) is 11.8 Å². The number of benzene rings is 1. The molecule has 3 heterocycles. The Labute approximate surface area is 179 Å². The van der Waals surface area contributed by atoms with E-state index in [4.69, 9.17) is 5.73 Å². The Kier molecular flexibility index (Phi) is 5.13. The Hall–Kier alpha value is -4.21. The summed E-state index contributed by atoms with van der Waals surface area (Å²) in [7, 11) is 1.15. The van der Waals surface area contributed by atoms with Gasteiger partial charge < -0.3 is 15.3 Å². The number of fused-ring (bicyclic) bond motifs is 1. The molecule has 3 N–H and O–H groups in total. The van der Waals surface area contributed by atoms with E-state index in [1.807, 2.05) is 6.07 Å². The van der Waals surface area contributed by atoms with Crippen LogP contribution in [0.2, 0.25) is 0 Å². The number of ketones is 1. The van der Waals surface area contributed by atoms with Gasteiger partial charge in [-0.1, -0.05) is 24.3 Å².